The number of allylic oxidation sites excluding steroid dienone is 6. The normalized spacial score (nSPS) is 13.5. The van der Waals surface area contributed by atoms with Gasteiger partial charge in [0.15, 0.2) is 0 Å². The van der Waals surface area contributed by atoms with Crippen LogP contribution in [0.15, 0.2) is 58.4 Å². The van der Waals surface area contributed by atoms with Crippen LogP contribution in [0.3, 0.4) is 0 Å². The first-order valence-electron chi connectivity index (χ1n) is 9.39. The fourth-order valence-electron chi connectivity index (χ4n) is 3.11. The maximum Gasteiger partial charge on any atom is 0.339 e. The zero-order valence-corrected chi connectivity index (χ0v) is 17.1. The smallest absolute Gasteiger partial charge is 0.339 e. The molecular weight excluding hydrogens is 386 g/mol. The molecule has 2 heterocycles. The van der Waals surface area contributed by atoms with Gasteiger partial charge in [-0.05, 0) is 32.3 Å². The number of amides is 1. The summed E-state index contributed by atoms with van der Waals surface area (Å²) in [5, 5.41) is 14.5. The Morgan fingerprint density at radius 3 is 2.90 bits per heavy atom. The predicted molar refractivity (Wildman–Crippen MR) is 117 cm³/mol. The van der Waals surface area contributed by atoms with Crippen molar-refractivity contribution >= 4 is 34.3 Å². The molecule has 0 fully saturated rings. The van der Waals surface area contributed by atoms with Crippen molar-refractivity contribution in [2.24, 2.45) is 0 Å². The van der Waals surface area contributed by atoms with Gasteiger partial charge in [-0.15, -0.1) is 11.3 Å². The Kier molecular flexibility index (Phi) is 6.67. The minimum atomic E-state index is -1.10. The monoisotopic (exact) mass is 409 g/mol. The summed E-state index contributed by atoms with van der Waals surface area (Å²) in [5.41, 5.74) is 2.50. The fourth-order valence-corrected chi connectivity index (χ4v) is 4.07. The van der Waals surface area contributed by atoms with Gasteiger partial charge in [0, 0.05) is 22.9 Å². The van der Waals surface area contributed by atoms with Crippen LogP contribution < -0.4 is 5.32 Å². The van der Waals surface area contributed by atoms with Gasteiger partial charge >= 0.3 is 5.97 Å². The van der Waals surface area contributed by atoms with E-state index in [1.165, 1.54) is 11.3 Å². The lowest BCUT2D eigenvalue weighted by molar-refractivity contribution is -0.116. The van der Waals surface area contributed by atoms with Crippen molar-refractivity contribution < 1.29 is 19.1 Å². The summed E-state index contributed by atoms with van der Waals surface area (Å²) in [5.74, 6) is -0.171. The summed E-state index contributed by atoms with van der Waals surface area (Å²) >= 11 is 1.19. The van der Waals surface area contributed by atoms with Crippen LogP contribution in [0, 0.1) is 6.92 Å². The molecule has 0 saturated carbocycles. The summed E-state index contributed by atoms with van der Waals surface area (Å²) in [6.07, 6.45) is 14.5. The minimum absolute atomic E-state index is 0.0492. The standard InChI is InChI=1S/C23H23NO4S/c1-3-4-10-17-13-19(28-15(17)2)18-14-29-22(21(18)23(26)27)24-20(25)12-11-16-8-6-5-7-9-16/h3-4,6,8-10,13-14H,1,5,7,11-12H2,2H3,(H,24,25)(H,26,27). The highest BCUT2D eigenvalue weighted by atomic mass is 32.1. The molecule has 0 atom stereocenters. The number of carbonyl (C=O) groups is 2. The van der Waals surface area contributed by atoms with E-state index in [-0.39, 0.29) is 11.5 Å². The molecule has 6 heteroatoms. The lowest BCUT2D eigenvalue weighted by Gasteiger charge is -2.08. The number of aromatic carboxylic acids is 1. The third-order valence-electron chi connectivity index (χ3n) is 4.60. The summed E-state index contributed by atoms with van der Waals surface area (Å²) in [7, 11) is 0. The van der Waals surface area contributed by atoms with E-state index >= 15 is 0 Å². The molecule has 0 saturated heterocycles. The second-order valence-corrected chi connectivity index (χ2v) is 7.56. The van der Waals surface area contributed by atoms with Crippen molar-refractivity contribution in [3.63, 3.8) is 0 Å². The van der Waals surface area contributed by atoms with Crippen LogP contribution in [0.4, 0.5) is 5.00 Å². The number of hydrogen-bond acceptors (Lipinski definition) is 4. The Labute approximate surface area is 173 Å². The molecule has 1 amide bonds. The molecular formula is C23H23NO4S. The quantitative estimate of drug-likeness (QED) is 0.508. The number of carbonyl (C=O) groups excluding carboxylic acids is 1. The topological polar surface area (TPSA) is 79.5 Å². The van der Waals surface area contributed by atoms with Gasteiger partial charge in [0.2, 0.25) is 5.91 Å². The van der Waals surface area contributed by atoms with E-state index in [0.717, 1.165) is 24.0 Å². The number of nitrogens with one attached hydrogen (secondary N) is 1. The highest BCUT2D eigenvalue weighted by Gasteiger charge is 2.23. The Hall–Kier alpha value is -3.12. The fraction of sp³-hybridized carbons (Fsp3) is 0.217. The van der Waals surface area contributed by atoms with Crippen molar-refractivity contribution in [1.82, 2.24) is 0 Å². The van der Waals surface area contributed by atoms with Gasteiger partial charge in [0.1, 0.15) is 22.1 Å². The maximum atomic E-state index is 12.4. The Bertz CT molecular complexity index is 1020. The van der Waals surface area contributed by atoms with Crippen LogP contribution >= 0.6 is 11.3 Å². The van der Waals surface area contributed by atoms with Gasteiger partial charge in [-0.2, -0.15) is 0 Å². The molecule has 29 heavy (non-hydrogen) atoms. The number of thiophene rings is 1. The minimum Gasteiger partial charge on any atom is -0.478 e. The maximum absolute atomic E-state index is 12.4. The second-order valence-electron chi connectivity index (χ2n) is 6.68. The summed E-state index contributed by atoms with van der Waals surface area (Å²) in [6, 6.07) is 1.79. The lowest BCUT2D eigenvalue weighted by atomic mass is 10.0. The average molecular weight is 410 g/mol. The SMILES string of the molecule is C=CC=Cc1cc(-c2csc(NC(=O)CCC3=CCCC=C3)c2C(=O)O)oc1C. The molecule has 3 rings (SSSR count). The van der Waals surface area contributed by atoms with Crippen molar-refractivity contribution in [2.75, 3.05) is 5.32 Å². The van der Waals surface area contributed by atoms with E-state index in [9.17, 15) is 14.7 Å². The first kappa shape index (κ1) is 20.6. The van der Waals surface area contributed by atoms with Crippen molar-refractivity contribution in [3.8, 4) is 11.3 Å². The van der Waals surface area contributed by atoms with E-state index in [4.69, 9.17) is 4.42 Å². The Balaban J connectivity index is 1.78. The molecule has 1 aliphatic carbocycles. The van der Waals surface area contributed by atoms with E-state index in [2.05, 4.69) is 24.0 Å². The van der Waals surface area contributed by atoms with E-state index < -0.39 is 5.97 Å². The van der Waals surface area contributed by atoms with Crippen LogP contribution in [-0.4, -0.2) is 17.0 Å². The number of carboxylic acids is 1. The van der Waals surface area contributed by atoms with Gasteiger partial charge in [0.25, 0.3) is 0 Å². The van der Waals surface area contributed by atoms with Crippen molar-refractivity contribution in [2.45, 2.75) is 32.6 Å². The predicted octanol–water partition coefficient (Wildman–Crippen LogP) is 6.21. The van der Waals surface area contributed by atoms with Gasteiger partial charge in [0.05, 0.1) is 0 Å². The zero-order chi connectivity index (χ0) is 20.8. The van der Waals surface area contributed by atoms with E-state index in [1.807, 2.05) is 19.1 Å². The van der Waals surface area contributed by atoms with Gasteiger partial charge < -0.3 is 14.8 Å². The van der Waals surface area contributed by atoms with Crippen LogP contribution in [-0.2, 0) is 4.79 Å². The number of hydrogen-bond donors (Lipinski definition) is 2. The van der Waals surface area contributed by atoms with Crippen molar-refractivity contribution in [1.29, 1.82) is 0 Å². The van der Waals surface area contributed by atoms with Crippen LogP contribution in [0.1, 0.15) is 47.4 Å². The molecule has 2 aromatic heterocycles. The van der Waals surface area contributed by atoms with Crippen LogP contribution in [0.25, 0.3) is 17.4 Å². The second kappa shape index (κ2) is 9.39. The Morgan fingerprint density at radius 2 is 2.21 bits per heavy atom. The highest BCUT2D eigenvalue weighted by Crippen LogP contribution is 2.37. The lowest BCUT2D eigenvalue weighted by Crippen LogP contribution is -2.13. The molecule has 0 spiro atoms. The summed E-state index contributed by atoms with van der Waals surface area (Å²) < 4.78 is 5.76. The number of rotatable bonds is 8. The average Bonchev–Trinajstić information content (AvgIpc) is 3.29. The molecule has 2 N–H and O–H groups in total. The van der Waals surface area contributed by atoms with Gasteiger partial charge in [-0.1, -0.05) is 48.6 Å². The molecule has 0 radical (unpaired) electrons. The molecule has 1 aliphatic rings. The van der Waals surface area contributed by atoms with Gasteiger partial charge in [-0.25, -0.2) is 4.79 Å². The molecule has 2 aromatic rings. The summed E-state index contributed by atoms with van der Waals surface area (Å²) in [4.78, 5) is 24.3. The van der Waals surface area contributed by atoms with Crippen LogP contribution in [0.2, 0.25) is 0 Å². The molecule has 150 valence electrons. The number of furan rings is 1. The third kappa shape index (κ3) is 5.03. The van der Waals surface area contributed by atoms with Crippen molar-refractivity contribution in [3.05, 3.63) is 70.9 Å². The highest BCUT2D eigenvalue weighted by molar-refractivity contribution is 7.15. The first-order chi connectivity index (χ1) is 14.0. The van der Waals surface area contributed by atoms with E-state index in [1.54, 1.807) is 23.6 Å². The van der Waals surface area contributed by atoms with Gasteiger partial charge in [-0.3, -0.25) is 4.79 Å². The first-order valence-corrected chi connectivity index (χ1v) is 10.3. The molecule has 0 unspecified atom stereocenters. The molecule has 0 aliphatic heterocycles. The molecule has 0 aromatic carbocycles. The molecule has 5 nitrogen and oxygen atoms in total. The number of aryl methyl sites for hydroxylation is 1. The van der Waals surface area contributed by atoms with Crippen LogP contribution in [0.5, 0.6) is 0 Å². The Morgan fingerprint density at radius 1 is 1.38 bits per heavy atom. The number of carboxylic acid groups (broad SMARTS) is 1. The zero-order valence-electron chi connectivity index (χ0n) is 16.2. The van der Waals surface area contributed by atoms with E-state index in [0.29, 0.717) is 34.9 Å². The largest absolute Gasteiger partial charge is 0.478 e. The third-order valence-corrected chi connectivity index (χ3v) is 5.50. The number of anilines is 1. The summed E-state index contributed by atoms with van der Waals surface area (Å²) in [6.45, 7) is 5.46. The molecule has 0 bridgehead atoms.